The molecular weight excluding hydrogens is 286 g/mol. The molecule has 1 rings (SSSR count). The number of hydrogen-bond acceptors (Lipinski definition) is 3. The molecule has 1 heterocycles. The van der Waals surface area contributed by atoms with Crippen molar-refractivity contribution in [3.05, 3.63) is 20.8 Å². The van der Waals surface area contributed by atoms with Gasteiger partial charge in [-0.15, -0.1) is 11.3 Å². The van der Waals surface area contributed by atoms with Gasteiger partial charge in [0.1, 0.15) is 0 Å². The van der Waals surface area contributed by atoms with Gasteiger partial charge in [0.15, 0.2) is 0 Å². The first-order valence-electron chi connectivity index (χ1n) is 5.77. The second-order valence-corrected chi connectivity index (χ2v) is 5.79. The molecular formula is C12H20BrNOS. The summed E-state index contributed by atoms with van der Waals surface area (Å²) in [7, 11) is 0. The van der Waals surface area contributed by atoms with E-state index in [-0.39, 0.29) is 12.1 Å². The minimum atomic E-state index is 0.102. The fraction of sp³-hybridized carbons (Fsp3) is 0.667. The second-order valence-electron chi connectivity index (χ2n) is 3.88. The Balaban J connectivity index is 2.50. The van der Waals surface area contributed by atoms with E-state index in [4.69, 9.17) is 10.5 Å². The molecule has 0 aromatic carbocycles. The fourth-order valence-electron chi connectivity index (χ4n) is 1.74. The van der Waals surface area contributed by atoms with Gasteiger partial charge in [-0.05, 0) is 41.8 Å². The van der Waals surface area contributed by atoms with Crippen LogP contribution >= 0.6 is 27.3 Å². The highest BCUT2D eigenvalue weighted by molar-refractivity contribution is 9.10. The van der Waals surface area contributed by atoms with E-state index in [0.29, 0.717) is 0 Å². The number of hydrogen-bond donors (Lipinski definition) is 1. The van der Waals surface area contributed by atoms with Crippen molar-refractivity contribution in [1.82, 2.24) is 0 Å². The number of halogens is 1. The molecule has 0 aliphatic heterocycles. The van der Waals surface area contributed by atoms with Crippen molar-refractivity contribution in [3.63, 3.8) is 0 Å². The average Bonchev–Trinajstić information content (AvgIpc) is 2.63. The molecule has 0 aliphatic carbocycles. The molecule has 1 aromatic heterocycles. The molecule has 0 bridgehead atoms. The topological polar surface area (TPSA) is 35.2 Å². The van der Waals surface area contributed by atoms with Crippen LogP contribution in [0.2, 0.25) is 0 Å². The molecule has 0 fully saturated rings. The molecule has 0 saturated heterocycles. The van der Waals surface area contributed by atoms with E-state index in [1.54, 1.807) is 11.3 Å². The van der Waals surface area contributed by atoms with Crippen LogP contribution in [0.3, 0.4) is 0 Å². The van der Waals surface area contributed by atoms with E-state index in [2.05, 4.69) is 34.3 Å². The van der Waals surface area contributed by atoms with Crippen LogP contribution in [0.5, 0.6) is 0 Å². The molecule has 2 unspecified atom stereocenters. The van der Waals surface area contributed by atoms with E-state index < -0.39 is 0 Å². The lowest BCUT2D eigenvalue weighted by Crippen LogP contribution is -2.38. The summed E-state index contributed by atoms with van der Waals surface area (Å²) < 4.78 is 6.83. The van der Waals surface area contributed by atoms with Crippen molar-refractivity contribution in [1.29, 1.82) is 0 Å². The van der Waals surface area contributed by atoms with E-state index in [1.807, 2.05) is 6.92 Å². The first-order chi connectivity index (χ1) is 7.67. The Labute approximate surface area is 110 Å². The molecule has 0 amide bonds. The summed E-state index contributed by atoms with van der Waals surface area (Å²) in [6.07, 6.45) is 3.26. The summed E-state index contributed by atoms with van der Waals surface area (Å²) in [4.78, 5) is 1.32. The van der Waals surface area contributed by atoms with Gasteiger partial charge in [-0.2, -0.15) is 0 Å². The van der Waals surface area contributed by atoms with Crippen molar-refractivity contribution >= 4 is 27.3 Å². The van der Waals surface area contributed by atoms with Crippen LogP contribution in [0, 0.1) is 0 Å². The van der Waals surface area contributed by atoms with Crippen molar-refractivity contribution in [3.8, 4) is 0 Å². The van der Waals surface area contributed by atoms with Crippen molar-refractivity contribution in [2.24, 2.45) is 5.73 Å². The third kappa shape index (κ3) is 4.53. The lowest BCUT2D eigenvalue weighted by atomic mass is 10.0. The Kier molecular flexibility index (Phi) is 6.58. The maximum atomic E-state index is 6.20. The molecule has 2 nitrogen and oxygen atoms in total. The molecule has 0 radical (unpaired) electrons. The molecule has 4 heteroatoms. The normalized spacial score (nSPS) is 15.0. The van der Waals surface area contributed by atoms with Crippen LogP contribution < -0.4 is 5.73 Å². The summed E-state index contributed by atoms with van der Waals surface area (Å²) in [6.45, 7) is 4.93. The molecule has 0 saturated carbocycles. The maximum absolute atomic E-state index is 6.20. The summed E-state index contributed by atoms with van der Waals surface area (Å²) in [5, 5.41) is 2.09. The summed E-state index contributed by atoms with van der Waals surface area (Å²) in [5.74, 6) is 0. The minimum absolute atomic E-state index is 0.102. The number of thiophene rings is 1. The van der Waals surface area contributed by atoms with E-state index >= 15 is 0 Å². The molecule has 16 heavy (non-hydrogen) atoms. The molecule has 92 valence electrons. The summed E-state index contributed by atoms with van der Waals surface area (Å²) in [5.41, 5.74) is 6.20. The van der Waals surface area contributed by atoms with Crippen molar-refractivity contribution in [2.75, 3.05) is 6.61 Å². The Morgan fingerprint density at radius 3 is 2.75 bits per heavy atom. The van der Waals surface area contributed by atoms with Crippen LogP contribution in [-0.4, -0.2) is 18.8 Å². The Morgan fingerprint density at radius 2 is 2.25 bits per heavy atom. The van der Waals surface area contributed by atoms with Gasteiger partial charge in [0.25, 0.3) is 0 Å². The number of nitrogens with two attached hydrogens (primary N) is 1. The van der Waals surface area contributed by atoms with Crippen LogP contribution in [-0.2, 0) is 11.2 Å². The first kappa shape index (κ1) is 14.2. The van der Waals surface area contributed by atoms with Crippen LogP contribution in [0.25, 0.3) is 0 Å². The Morgan fingerprint density at radius 1 is 1.50 bits per heavy atom. The average molecular weight is 306 g/mol. The highest BCUT2D eigenvalue weighted by Gasteiger charge is 2.18. The molecule has 2 N–H and O–H groups in total. The van der Waals surface area contributed by atoms with Crippen LogP contribution in [0.15, 0.2) is 15.9 Å². The fourth-order valence-corrected chi connectivity index (χ4v) is 3.27. The molecule has 2 atom stereocenters. The molecule has 1 aromatic rings. The van der Waals surface area contributed by atoms with Gasteiger partial charge in [0.2, 0.25) is 0 Å². The largest absolute Gasteiger partial charge is 0.377 e. The monoisotopic (exact) mass is 305 g/mol. The van der Waals surface area contributed by atoms with Crippen LogP contribution in [0.1, 0.15) is 31.6 Å². The first-order valence-corrected chi connectivity index (χ1v) is 7.44. The third-order valence-electron chi connectivity index (χ3n) is 2.49. The Hall–Kier alpha value is 0.1000. The molecule has 0 aliphatic rings. The van der Waals surface area contributed by atoms with E-state index in [9.17, 15) is 0 Å². The highest BCUT2D eigenvalue weighted by atomic mass is 79.9. The smallest absolute Gasteiger partial charge is 0.0729 e. The second kappa shape index (κ2) is 7.43. The Bertz CT molecular complexity index is 297. The van der Waals surface area contributed by atoms with Gasteiger partial charge < -0.3 is 10.5 Å². The zero-order valence-electron chi connectivity index (χ0n) is 9.91. The lowest BCUT2D eigenvalue weighted by Gasteiger charge is -2.22. The predicted octanol–water partition coefficient (Wildman–Crippen LogP) is 3.59. The standard InChI is InChI=1S/C12H20BrNOS/c1-3-5-12(15-4-2)11(14)7-10-6-9(13)8-16-10/h6,8,11-12H,3-5,7,14H2,1-2H3. The van der Waals surface area contributed by atoms with Gasteiger partial charge in [-0.25, -0.2) is 0 Å². The van der Waals surface area contributed by atoms with Gasteiger partial charge in [-0.3, -0.25) is 0 Å². The van der Waals surface area contributed by atoms with Gasteiger partial charge >= 0.3 is 0 Å². The van der Waals surface area contributed by atoms with E-state index in [0.717, 1.165) is 30.3 Å². The molecule has 0 spiro atoms. The van der Waals surface area contributed by atoms with Crippen molar-refractivity contribution in [2.45, 2.75) is 45.3 Å². The number of ether oxygens (including phenoxy) is 1. The maximum Gasteiger partial charge on any atom is 0.0729 e. The lowest BCUT2D eigenvalue weighted by molar-refractivity contribution is 0.0380. The minimum Gasteiger partial charge on any atom is -0.377 e. The van der Waals surface area contributed by atoms with Gasteiger partial charge in [0.05, 0.1) is 6.10 Å². The number of rotatable bonds is 7. The van der Waals surface area contributed by atoms with E-state index in [1.165, 1.54) is 4.88 Å². The zero-order valence-corrected chi connectivity index (χ0v) is 12.3. The SMILES string of the molecule is CCCC(OCC)C(N)Cc1cc(Br)cs1. The quantitative estimate of drug-likeness (QED) is 0.835. The van der Waals surface area contributed by atoms with Gasteiger partial charge in [-0.1, -0.05) is 13.3 Å². The van der Waals surface area contributed by atoms with Crippen molar-refractivity contribution < 1.29 is 4.74 Å². The zero-order chi connectivity index (χ0) is 12.0. The van der Waals surface area contributed by atoms with Gasteiger partial charge in [0, 0.05) is 27.4 Å². The third-order valence-corrected chi connectivity index (χ3v) is 4.21. The van der Waals surface area contributed by atoms with Crippen LogP contribution in [0.4, 0.5) is 0 Å². The highest BCUT2D eigenvalue weighted by Crippen LogP contribution is 2.22. The summed E-state index contributed by atoms with van der Waals surface area (Å²) >= 11 is 5.21. The summed E-state index contributed by atoms with van der Waals surface area (Å²) in [6, 6.07) is 2.24. The predicted molar refractivity (Wildman–Crippen MR) is 74.0 cm³/mol.